The third-order valence-corrected chi connectivity index (χ3v) is 6.31. The average molecular weight is 559 g/mol. The highest BCUT2D eigenvalue weighted by Crippen LogP contribution is 2.39. The van der Waals surface area contributed by atoms with Gasteiger partial charge in [0, 0.05) is 10.9 Å². The van der Waals surface area contributed by atoms with Crippen LogP contribution in [-0.4, -0.2) is 19.7 Å². The second-order valence-corrected chi connectivity index (χ2v) is 9.09. The highest BCUT2D eigenvalue weighted by Gasteiger charge is 2.16. The molecule has 0 fully saturated rings. The molecule has 2 heterocycles. The van der Waals surface area contributed by atoms with Crippen molar-refractivity contribution in [2.24, 2.45) is 0 Å². The van der Waals surface area contributed by atoms with Gasteiger partial charge in [0.2, 0.25) is 5.69 Å². The predicted molar refractivity (Wildman–Crippen MR) is 142 cm³/mol. The van der Waals surface area contributed by atoms with Gasteiger partial charge in [-0.25, -0.2) is 14.2 Å². The molecule has 0 bridgehead atoms. The molecule has 9 nitrogen and oxygen atoms in total. The molecule has 0 amide bonds. The Morgan fingerprint density at radius 1 is 1.00 bits per heavy atom. The number of H-pyrrole nitrogens is 1. The Labute approximate surface area is 228 Å². The predicted octanol–water partition coefficient (Wildman–Crippen LogP) is 5.43. The van der Waals surface area contributed by atoms with Gasteiger partial charge in [-0.05, 0) is 67.1 Å². The zero-order valence-corrected chi connectivity index (χ0v) is 21.3. The number of aromatic nitrogens is 4. The van der Waals surface area contributed by atoms with Crippen LogP contribution in [0.3, 0.4) is 0 Å². The van der Waals surface area contributed by atoms with Crippen LogP contribution in [0.1, 0.15) is 16.8 Å². The molecule has 0 atom stereocenters. The van der Waals surface area contributed by atoms with Gasteiger partial charge >= 0.3 is 5.69 Å². The maximum absolute atomic E-state index is 13.6. The van der Waals surface area contributed by atoms with Crippen molar-refractivity contribution < 1.29 is 9.13 Å². The lowest BCUT2D eigenvalue weighted by Gasteiger charge is -2.13. The number of aryl methyl sites for hydroxylation is 1. The number of ether oxygens (including phenoxy) is 1. The van der Waals surface area contributed by atoms with E-state index < -0.39 is 22.8 Å². The van der Waals surface area contributed by atoms with Crippen molar-refractivity contribution in [2.45, 2.75) is 6.92 Å². The summed E-state index contributed by atoms with van der Waals surface area (Å²) in [5.74, 6) is -0.0113. The molecule has 0 unspecified atom stereocenters. The molecule has 1 N–H and O–H groups in total. The van der Waals surface area contributed by atoms with Crippen molar-refractivity contribution in [1.82, 2.24) is 19.7 Å². The van der Waals surface area contributed by atoms with Crippen LogP contribution in [0.25, 0.3) is 27.8 Å². The Kier molecular flexibility index (Phi) is 6.59. The van der Waals surface area contributed by atoms with Crippen molar-refractivity contribution in [3.05, 3.63) is 108 Å². The molecule has 0 spiro atoms. The molecule has 3 aromatic carbocycles. The Hall–Kier alpha value is -5.03. The quantitative estimate of drug-likeness (QED) is 0.310. The van der Waals surface area contributed by atoms with E-state index in [1.165, 1.54) is 24.3 Å². The largest absolute Gasteiger partial charge is 0.454 e. The minimum atomic E-state index is -0.910. The summed E-state index contributed by atoms with van der Waals surface area (Å²) in [6, 6.07) is 17.2. The number of nitrogens with zero attached hydrogens (tertiary/aromatic N) is 5. The molecule has 5 rings (SSSR count). The van der Waals surface area contributed by atoms with Crippen molar-refractivity contribution in [3.63, 3.8) is 0 Å². The lowest BCUT2D eigenvalue weighted by atomic mass is 10.0. The summed E-state index contributed by atoms with van der Waals surface area (Å²) in [5.41, 5.74) is 0.488. The molecule has 0 saturated carbocycles. The van der Waals surface area contributed by atoms with E-state index in [0.717, 1.165) is 21.7 Å². The van der Waals surface area contributed by atoms with E-state index in [4.69, 9.17) is 33.2 Å². The molecular weight excluding hydrogens is 546 g/mol. The van der Waals surface area contributed by atoms with Crippen LogP contribution in [0.2, 0.25) is 10.0 Å². The van der Waals surface area contributed by atoms with Crippen LogP contribution >= 0.6 is 23.2 Å². The molecule has 0 radical (unpaired) electrons. The molecule has 2 aromatic heterocycles. The van der Waals surface area contributed by atoms with Gasteiger partial charge in [-0.2, -0.15) is 15.2 Å². The summed E-state index contributed by atoms with van der Waals surface area (Å²) in [4.78, 5) is 30.5. The summed E-state index contributed by atoms with van der Waals surface area (Å²) in [6.45, 7) is 1.87. The summed E-state index contributed by atoms with van der Waals surface area (Å²) in [5, 5.41) is 23.0. The topological polar surface area (TPSA) is 137 Å². The van der Waals surface area contributed by atoms with Crippen LogP contribution < -0.4 is 16.0 Å². The van der Waals surface area contributed by atoms with Gasteiger partial charge in [0.1, 0.15) is 17.6 Å². The monoisotopic (exact) mass is 558 g/mol. The first-order chi connectivity index (χ1) is 18.7. The van der Waals surface area contributed by atoms with Gasteiger partial charge in [-0.3, -0.25) is 9.78 Å². The minimum absolute atomic E-state index is 0.0431. The number of nitrogens with one attached hydrogen (secondary N) is 1. The molecule has 39 heavy (non-hydrogen) atoms. The molecule has 0 aliphatic rings. The smallest absolute Gasteiger partial charge is 0.349 e. The van der Waals surface area contributed by atoms with Crippen molar-refractivity contribution in [1.29, 1.82) is 10.5 Å². The van der Waals surface area contributed by atoms with Crippen LogP contribution in [0.15, 0.2) is 64.2 Å². The van der Waals surface area contributed by atoms with Gasteiger partial charge in [0.15, 0.2) is 5.75 Å². The minimum Gasteiger partial charge on any atom is -0.454 e. The fourth-order valence-electron chi connectivity index (χ4n) is 3.94. The van der Waals surface area contributed by atoms with E-state index >= 15 is 0 Å². The molecule has 0 aliphatic carbocycles. The number of fused-ring (bicyclic) bond motifs is 1. The Morgan fingerprint density at radius 3 is 2.44 bits per heavy atom. The maximum atomic E-state index is 13.6. The third kappa shape index (κ3) is 4.82. The van der Waals surface area contributed by atoms with Gasteiger partial charge < -0.3 is 4.74 Å². The van der Waals surface area contributed by atoms with Crippen LogP contribution in [-0.2, 0) is 0 Å². The molecule has 12 heteroatoms. The summed E-state index contributed by atoms with van der Waals surface area (Å²) >= 11 is 12.8. The first-order valence-corrected chi connectivity index (χ1v) is 11.9. The van der Waals surface area contributed by atoms with Gasteiger partial charge in [-0.1, -0.05) is 23.2 Å². The van der Waals surface area contributed by atoms with Crippen molar-refractivity contribution >= 4 is 34.1 Å². The van der Waals surface area contributed by atoms with Gasteiger partial charge in [0.05, 0.1) is 38.6 Å². The zero-order valence-electron chi connectivity index (χ0n) is 19.8. The number of rotatable bonds is 4. The number of nitriles is 2. The van der Waals surface area contributed by atoms with E-state index in [2.05, 4.69) is 10.1 Å². The first kappa shape index (κ1) is 25.6. The molecular formula is C27H13Cl2FN6O3. The highest BCUT2D eigenvalue weighted by molar-refractivity contribution is 6.37. The maximum Gasteiger partial charge on any atom is 0.349 e. The average Bonchev–Trinajstić information content (AvgIpc) is 2.90. The second-order valence-electron chi connectivity index (χ2n) is 8.28. The second kappa shape index (κ2) is 10.0. The summed E-state index contributed by atoms with van der Waals surface area (Å²) in [7, 11) is 0. The standard InChI is InChI=1S/C27H13Cl2FN6O3/c1-13-6-23(18-4-2-15(30)7-14(18)11-31)33-22-5-3-17(10-19(13)22)39-25-20(28)8-16(9-21(25)29)36-27(38)34-26(37)24(12-32)35-36/h2-10H,1H3,(H,34,37,38). The number of halogens is 3. The SMILES string of the molecule is Cc1cc(-c2ccc(F)cc2C#N)nc2ccc(Oc3c(Cl)cc(-n4nc(C#N)c(=O)[nH]c4=O)cc3Cl)cc12. The molecule has 5 aromatic rings. The number of hydrogen-bond donors (Lipinski definition) is 1. The van der Waals surface area contributed by atoms with Crippen molar-refractivity contribution in [3.8, 4) is 40.6 Å². The normalized spacial score (nSPS) is 10.7. The fourth-order valence-corrected chi connectivity index (χ4v) is 4.49. The van der Waals surface area contributed by atoms with E-state index in [0.29, 0.717) is 22.5 Å². The third-order valence-electron chi connectivity index (χ3n) is 5.75. The zero-order chi connectivity index (χ0) is 27.8. The molecule has 0 aliphatic heterocycles. The molecule has 190 valence electrons. The summed E-state index contributed by atoms with van der Waals surface area (Å²) < 4.78 is 20.3. The van der Waals surface area contributed by atoms with E-state index in [1.807, 2.05) is 18.0 Å². The van der Waals surface area contributed by atoms with E-state index in [1.54, 1.807) is 30.3 Å². The summed E-state index contributed by atoms with van der Waals surface area (Å²) in [6.07, 6.45) is 0. The Bertz CT molecular complexity index is 2000. The molecule has 0 saturated heterocycles. The highest BCUT2D eigenvalue weighted by atomic mass is 35.5. The van der Waals surface area contributed by atoms with Gasteiger partial charge in [-0.15, -0.1) is 5.10 Å². The Balaban J connectivity index is 1.51. The fraction of sp³-hybridized carbons (Fsp3) is 0.0370. The van der Waals surface area contributed by atoms with Crippen LogP contribution in [0.5, 0.6) is 11.5 Å². The number of pyridine rings is 1. The van der Waals surface area contributed by atoms with Crippen LogP contribution in [0, 0.1) is 35.4 Å². The lowest BCUT2D eigenvalue weighted by molar-refractivity contribution is 0.483. The van der Waals surface area contributed by atoms with Crippen molar-refractivity contribution in [2.75, 3.05) is 0 Å². The van der Waals surface area contributed by atoms with Gasteiger partial charge in [0.25, 0.3) is 5.56 Å². The van der Waals surface area contributed by atoms with Crippen LogP contribution in [0.4, 0.5) is 4.39 Å². The first-order valence-electron chi connectivity index (χ1n) is 11.1. The van der Waals surface area contributed by atoms with E-state index in [9.17, 15) is 19.2 Å². The van der Waals surface area contributed by atoms with E-state index in [-0.39, 0.29) is 27.0 Å². The number of aromatic amines is 1. The Morgan fingerprint density at radius 2 is 1.74 bits per heavy atom. The number of benzene rings is 3. The number of hydrogen-bond acceptors (Lipinski definition) is 7. The lowest BCUT2D eigenvalue weighted by Crippen LogP contribution is -2.33.